The van der Waals surface area contributed by atoms with Gasteiger partial charge in [0.2, 0.25) is 11.8 Å². The van der Waals surface area contributed by atoms with Crippen molar-refractivity contribution >= 4 is 24.0 Å². The number of imidazole rings is 2. The smallest absolute Gasteiger partial charge is 0.407 e. The summed E-state index contributed by atoms with van der Waals surface area (Å²) in [5, 5.41) is 4.91. The lowest BCUT2D eigenvalue weighted by Gasteiger charge is -2.23. The second-order valence-corrected chi connectivity index (χ2v) is 12.7. The van der Waals surface area contributed by atoms with E-state index in [1.165, 1.54) is 30.9 Å². The molecule has 1 aliphatic rings. The number of fused-ring (bicyclic) bond motifs is 1. The Balaban J connectivity index is 1.30. The Kier molecular flexibility index (Phi) is 13.0. The zero-order chi connectivity index (χ0) is 37.0. The number of ether oxygens (including phenoxy) is 2. The molecule has 14 nitrogen and oxygen atoms in total. The summed E-state index contributed by atoms with van der Waals surface area (Å²) in [6, 6.07) is 12.8. The summed E-state index contributed by atoms with van der Waals surface area (Å²) in [7, 11) is 2.52. The fraction of sp³-hybridized carbons (Fsp3) is 0.421. The van der Waals surface area contributed by atoms with Crippen LogP contribution in [0.4, 0.5) is 9.59 Å². The third kappa shape index (κ3) is 9.36. The molecule has 4 aromatic rings. The van der Waals surface area contributed by atoms with Gasteiger partial charge in [0.1, 0.15) is 24.7 Å². The van der Waals surface area contributed by atoms with E-state index in [4.69, 9.17) is 0 Å². The van der Waals surface area contributed by atoms with E-state index in [1.54, 1.807) is 16.0 Å². The molecule has 2 aromatic heterocycles. The minimum absolute atomic E-state index is 0.141. The van der Waals surface area contributed by atoms with E-state index in [9.17, 15) is 19.2 Å². The van der Waals surface area contributed by atoms with Crippen LogP contribution in [-0.2, 0) is 45.0 Å². The van der Waals surface area contributed by atoms with Gasteiger partial charge in [-0.25, -0.2) is 19.6 Å². The van der Waals surface area contributed by atoms with Gasteiger partial charge in [-0.2, -0.15) is 0 Å². The van der Waals surface area contributed by atoms with Crippen molar-refractivity contribution in [3.63, 3.8) is 0 Å². The Hall–Kier alpha value is -5.66. The highest BCUT2D eigenvalue weighted by Crippen LogP contribution is 2.38. The average molecular weight is 713 g/mol. The molecule has 0 fully saturated rings. The maximum absolute atomic E-state index is 12.8. The van der Waals surface area contributed by atoms with Gasteiger partial charge >= 0.3 is 12.2 Å². The number of nitrogens with one attached hydrogen (secondary N) is 4. The molecule has 0 atom stereocenters. The van der Waals surface area contributed by atoms with Crippen LogP contribution in [0.25, 0.3) is 33.6 Å². The van der Waals surface area contributed by atoms with Gasteiger partial charge in [0.25, 0.3) is 0 Å². The van der Waals surface area contributed by atoms with E-state index in [0.29, 0.717) is 37.8 Å². The molecular weight excluding hydrogens is 664 g/mol. The minimum Gasteiger partial charge on any atom is -0.453 e. The molecule has 0 saturated carbocycles. The molecule has 4 amide bonds. The monoisotopic (exact) mass is 712 g/mol. The zero-order valence-corrected chi connectivity index (χ0v) is 30.3. The molecule has 276 valence electrons. The summed E-state index contributed by atoms with van der Waals surface area (Å²) in [4.78, 5) is 67.7. The first kappa shape index (κ1) is 37.6. The SMILES string of the molecule is CCCN(Cc1ncc(-c2ccc(-c3ccc(-c4cnc(CN(CCC)C(=O)CNC(=O)OC)[nH]4)c4c3CCCC4)cc2)[nH]1)C(=O)CNC(=O)OC. The highest BCUT2D eigenvalue weighted by molar-refractivity contribution is 5.83. The van der Waals surface area contributed by atoms with Crippen molar-refractivity contribution in [3.8, 4) is 33.6 Å². The van der Waals surface area contributed by atoms with Crippen LogP contribution < -0.4 is 10.6 Å². The van der Waals surface area contributed by atoms with Crippen molar-refractivity contribution in [2.75, 3.05) is 40.4 Å². The number of alkyl carbamates (subject to hydrolysis) is 2. The number of rotatable bonds is 15. The lowest BCUT2D eigenvalue weighted by Crippen LogP contribution is -2.40. The standard InChI is InChI=1S/C38H48N8O6/c1-5-17-45(35(47)21-41-37(49)51-3)23-33-39-19-31(43-33)26-13-11-25(12-14-26)27-15-16-30(29-10-8-7-9-28(27)29)32-20-40-34(44-32)24-46(18-6-2)36(48)22-42-38(50)52-4/h11-16,19-20H,5-10,17-18,21-24H2,1-4H3,(H,39,43)(H,40,44)(H,41,49)(H,42,50). The summed E-state index contributed by atoms with van der Waals surface area (Å²) < 4.78 is 9.16. The van der Waals surface area contributed by atoms with Gasteiger partial charge in [-0.3, -0.25) is 9.59 Å². The van der Waals surface area contributed by atoms with E-state index < -0.39 is 12.2 Å². The van der Waals surface area contributed by atoms with Crippen LogP contribution in [0.15, 0.2) is 48.8 Å². The predicted octanol–water partition coefficient (Wildman–Crippen LogP) is 5.20. The summed E-state index contributed by atoms with van der Waals surface area (Å²) in [6.45, 7) is 5.39. The second kappa shape index (κ2) is 18.0. The number of aromatic nitrogens is 4. The van der Waals surface area contributed by atoms with E-state index in [1.807, 2.05) is 20.0 Å². The van der Waals surface area contributed by atoms with E-state index in [2.05, 4.69) is 76.4 Å². The van der Waals surface area contributed by atoms with Gasteiger partial charge in [0.15, 0.2) is 0 Å². The van der Waals surface area contributed by atoms with E-state index >= 15 is 0 Å². The number of hydrogen-bond donors (Lipinski definition) is 4. The Morgan fingerprint density at radius 2 is 1.13 bits per heavy atom. The Labute approximate surface area is 303 Å². The number of methoxy groups -OCH3 is 2. The molecule has 5 rings (SSSR count). The number of carbonyl (C=O) groups excluding carboxylic acids is 4. The molecule has 2 aromatic carbocycles. The van der Waals surface area contributed by atoms with Crippen molar-refractivity contribution in [2.24, 2.45) is 0 Å². The normalized spacial score (nSPS) is 12.1. The fourth-order valence-corrected chi connectivity index (χ4v) is 6.54. The van der Waals surface area contributed by atoms with E-state index in [-0.39, 0.29) is 24.9 Å². The van der Waals surface area contributed by atoms with Gasteiger partial charge in [0, 0.05) is 18.7 Å². The quantitative estimate of drug-likeness (QED) is 0.130. The van der Waals surface area contributed by atoms with Crippen LogP contribution >= 0.6 is 0 Å². The second-order valence-electron chi connectivity index (χ2n) is 12.7. The Bertz CT molecular complexity index is 1850. The Morgan fingerprint density at radius 1 is 0.673 bits per heavy atom. The number of amides is 4. The van der Waals surface area contributed by atoms with Gasteiger partial charge in [0.05, 0.1) is 51.1 Å². The minimum atomic E-state index is -0.647. The summed E-state index contributed by atoms with van der Waals surface area (Å²) in [5.74, 6) is 0.920. The van der Waals surface area contributed by atoms with Gasteiger partial charge in [-0.05, 0) is 66.3 Å². The van der Waals surface area contributed by atoms with Gasteiger partial charge < -0.3 is 39.9 Å². The Morgan fingerprint density at radius 3 is 1.65 bits per heavy atom. The molecule has 4 N–H and O–H groups in total. The van der Waals surface area contributed by atoms with Crippen molar-refractivity contribution in [1.82, 2.24) is 40.4 Å². The van der Waals surface area contributed by atoms with Crippen molar-refractivity contribution in [1.29, 1.82) is 0 Å². The van der Waals surface area contributed by atoms with Crippen molar-refractivity contribution in [2.45, 2.75) is 65.5 Å². The van der Waals surface area contributed by atoms with Crippen LogP contribution in [0.2, 0.25) is 0 Å². The number of benzene rings is 2. The zero-order valence-electron chi connectivity index (χ0n) is 30.3. The highest BCUT2D eigenvalue weighted by atomic mass is 16.5. The molecule has 0 spiro atoms. The van der Waals surface area contributed by atoms with E-state index in [0.717, 1.165) is 66.6 Å². The average Bonchev–Trinajstić information content (AvgIpc) is 3.85. The lowest BCUT2D eigenvalue weighted by atomic mass is 9.82. The van der Waals surface area contributed by atoms with Crippen molar-refractivity contribution < 1.29 is 28.7 Å². The van der Waals surface area contributed by atoms with Gasteiger partial charge in [-0.15, -0.1) is 0 Å². The molecule has 14 heteroatoms. The number of nitrogens with zero attached hydrogens (tertiary/aromatic N) is 4. The van der Waals surface area contributed by atoms with Gasteiger partial charge in [-0.1, -0.05) is 50.2 Å². The largest absolute Gasteiger partial charge is 0.453 e. The topological polar surface area (TPSA) is 175 Å². The maximum atomic E-state index is 12.8. The molecule has 0 aliphatic heterocycles. The lowest BCUT2D eigenvalue weighted by molar-refractivity contribution is -0.131. The summed E-state index contributed by atoms with van der Waals surface area (Å²) in [6.07, 6.45) is 8.05. The highest BCUT2D eigenvalue weighted by Gasteiger charge is 2.22. The third-order valence-corrected chi connectivity index (χ3v) is 9.10. The molecule has 0 unspecified atom stereocenters. The first-order valence-corrected chi connectivity index (χ1v) is 17.8. The molecule has 52 heavy (non-hydrogen) atoms. The van der Waals surface area contributed by atoms with Crippen LogP contribution in [0.3, 0.4) is 0 Å². The van der Waals surface area contributed by atoms with Crippen LogP contribution in [0, 0.1) is 0 Å². The number of aromatic amines is 2. The molecular formula is C38H48N8O6. The fourth-order valence-electron chi connectivity index (χ4n) is 6.54. The first-order chi connectivity index (χ1) is 25.2. The number of carbonyl (C=O) groups is 4. The molecule has 0 saturated heterocycles. The molecule has 2 heterocycles. The van der Waals surface area contributed by atoms with Crippen LogP contribution in [0.5, 0.6) is 0 Å². The predicted molar refractivity (Wildman–Crippen MR) is 196 cm³/mol. The summed E-state index contributed by atoms with van der Waals surface area (Å²) >= 11 is 0. The summed E-state index contributed by atoms with van der Waals surface area (Å²) in [5.41, 5.74) is 8.87. The molecule has 1 aliphatic carbocycles. The molecule has 0 radical (unpaired) electrons. The maximum Gasteiger partial charge on any atom is 0.407 e. The molecule has 0 bridgehead atoms. The first-order valence-electron chi connectivity index (χ1n) is 17.8. The number of hydrogen-bond acceptors (Lipinski definition) is 8. The van der Waals surface area contributed by atoms with Crippen molar-refractivity contribution in [3.05, 3.63) is 71.6 Å². The number of H-pyrrole nitrogens is 2. The van der Waals surface area contributed by atoms with Crippen LogP contribution in [-0.4, -0.2) is 94.1 Å². The third-order valence-electron chi connectivity index (χ3n) is 9.10. The van der Waals surface area contributed by atoms with Crippen LogP contribution in [0.1, 0.15) is 62.3 Å².